The summed E-state index contributed by atoms with van der Waals surface area (Å²) in [6.07, 6.45) is -4.26. The van der Waals surface area contributed by atoms with Crippen LogP contribution in [-0.2, 0) is 29.5 Å². The highest BCUT2D eigenvalue weighted by Gasteiger charge is 2.44. The molecule has 6 nitrogen and oxygen atoms in total. The summed E-state index contributed by atoms with van der Waals surface area (Å²) in [4.78, 5) is 22.8. The van der Waals surface area contributed by atoms with Crippen LogP contribution in [0, 0.1) is 5.82 Å². The Labute approximate surface area is 144 Å². The topological polar surface area (TPSA) is 89.0 Å². The number of aromatic nitrogens is 2. The lowest BCUT2D eigenvalue weighted by Gasteiger charge is -2.24. The molecule has 0 saturated heterocycles. The highest BCUT2D eigenvalue weighted by molar-refractivity contribution is 7.91. The zero-order valence-electron chi connectivity index (χ0n) is 13.3. The third-order valence-corrected chi connectivity index (χ3v) is 6.11. The molecule has 0 unspecified atom stereocenters. The Hall–Kier alpha value is -2.43. The molecule has 26 heavy (non-hydrogen) atoms. The Kier molecular flexibility index (Phi) is 4.09. The van der Waals surface area contributed by atoms with Gasteiger partial charge in [0.05, 0.1) is 16.2 Å². The van der Waals surface area contributed by atoms with E-state index >= 15 is 0 Å². The molecule has 2 aromatic rings. The Morgan fingerprint density at radius 2 is 1.85 bits per heavy atom. The highest BCUT2D eigenvalue weighted by atomic mass is 32.2. The molecule has 0 radical (unpaired) electrons. The number of hydrogen-bond acceptors (Lipinski definition) is 4. The predicted molar refractivity (Wildman–Crippen MR) is 83.1 cm³/mol. The quantitative estimate of drug-likeness (QED) is 0.590. The zero-order chi connectivity index (χ0) is 19.4. The van der Waals surface area contributed by atoms with Crippen LogP contribution in [0.15, 0.2) is 26.7 Å². The molecule has 0 atom stereocenters. The molecular weight excluding hydrogens is 380 g/mol. The van der Waals surface area contributed by atoms with Gasteiger partial charge in [-0.05, 0) is 30.0 Å². The van der Waals surface area contributed by atoms with Gasteiger partial charge in [0.1, 0.15) is 11.4 Å². The minimum Gasteiger partial charge on any atom is -0.302 e. The summed E-state index contributed by atoms with van der Waals surface area (Å²) in [7, 11) is -3.14. The van der Waals surface area contributed by atoms with Crippen LogP contribution < -0.4 is 11.0 Å². The minimum atomic E-state index is -5.23. The van der Waals surface area contributed by atoms with Gasteiger partial charge in [-0.3, -0.25) is 14.3 Å². The Morgan fingerprint density at radius 1 is 1.19 bits per heavy atom. The molecule has 1 aliphatic rings. The fourth-order valence-corrected chi connectivity index (χ4v) is 4.90. The number of nitrogens with one attached hydrogen (secondary N) is 1. The van der Waals surface area contributed by atoms with Crippen LogP contribution >= 0.6 is 0 Å². The van der Waals surface area contributed by atoms with Gasteiger partial charge < -0.3 is 5.10 Å². The number of rotatable bonds is 1. The molecule has 11 heteroatoms. The van der Waals surface area contributed by atoms with Crippen LogP contribution in [-0.4, -0.2) is 24.0 Å². The summed E-state index contributed by atoms with van der Waals surface area (Å²) >= 11 is 0. The van der Waals surface area contributed by atoms with Gasteiger partial charge in [0.25, 0.3) is 5.43 Å². The van der Waals surface area contributed by atoms with Crippen molar-refractivity contribution in [2.24, 2.45) is 7.05 Å². The van der Waals surface area contributed by atoms with Gasteiger partial charge in [0.2, 0.25) is 0 Å². The van der Waals surface area contributed by atoms with E-state index in [0.29, 0.717) is 6.07 Å². The molecule has 0 fully saturated rings. The summed E-state index contributed by atoms with van der Waals surface area (Å²) in [6.45, 7) is 0. The van der Waals surface area contributed by atoms with Gasteiger partial charge in [-0.2, -0.15) is 13.2 Å². The van der Waals surface area contributed by atoms with Crippen molar-refractivity contribution in [3.63, 3.8) is 0 Å². The SMILES string of the molecule is Cn1[nH]cc(-c2cc(F)c(C(F)(F)F)c3c2CCCS3(=O)=O)c(=O)c1=O. The van der Waals surface area contributed by atoms with Crippen LogP contribution in [0.4, 0.5) is 17.6 Å². The van der Waals surface area contributed by atoms with Crippen LogP contribution in [0.3, 0.4) is 0 Å². The third kappa shape index (κ3) is 2.75. The van der Waals surface area contributed by atoms with Gasteiger partial charge in [0.15, 0.2) is 9.84 Å². The Morgan fingerprint density at radius 3 is 2.46 bits per heavy atom. The summed E-state index contributed by atoms with van der Waals surface area (Å²) in [5, 5.41) is 2.41. The fraction of sp³-hybridized carbons (Fsp3) is 0.333. The van der Waals surface area contributed by atoms with E-state index in [1.165, 1.54) is 7.05 Å². The second kappa shape index (κ2) is 5.79. The lowest BCUT2D eigenvalue weighted by Crippen LogP contribution is -2.35. The Balaban J connectivity index is 2.49. The van der Waals surface area contributed by atoms with Gasteiger partial charge >= 0.3 is 11.7 Å². The van der Waals surface area contributed by atoms with Crippen molar-refractivity contribution in [1.82, 2.24) is 9.78 Å². The number of alkyl halides is 3. The maximum Gasteiger partial charge on any atom is 0.420 e. The van der Waals surface area contributed by atoms with Crippen molar-refractivity contribution >= 4 is 9.84 Å². The number of fused-ring (bicyclic) bond motifs is 1. The average molecular weight is 392 g/mol. The van der Waals surface area contributed by atoms with Gasteiger partial charge in [-0.1, -0.05) is 0 Å². The normalized spacial score (nSPS) is 16.3. The number of benzene rings is 1. The molecule has 1 N–H and O–H groups in total. The van der Waals surface area contributed by atoms with Crippen LogP contribution in [0.25, 0.3) is 11.1 Å². The molecule has 0 spiro atoms. The maximum absolute atomic E-state index is 14.3. The zero-order valence-corrected chi connectivity index (χ0v) is 14.1. The van der Waals surface area contributed by atoms with E-state index in [2.05, 4.69) is 5.10 Å². The molecule has 1 aliphatic heterocycles. The molecule has 0 bridgehead atoms. The minimum absolute atomic E-state index is 0.0218. The largest absolute Gasteiger partial charge is 0.420 e. The van der Waals surface area contributed by atoms with Crippen LogP contribution in [0.1, 0.15) is 17.5 Å². The lowest BCUT2D eigenvalue weighted by molar-refractivity contribution is -0.142. The molecule has 3 rings (SSSR count). The first-order chi connectivity index (χ1) is 11.9. The van der Waals surface area contributed by atoms with E-state index in [4.69, 9.17) is 0 Å². The molecule has 1 aromatic heterocycles. The van der Waals surface area contributed by atoms with E-state index < -0.39 is 49.0 Å². The van der Waals surface area contributed by atoms with E-state index in [1.807, 2.05) is 0 Å². The number of aryl methyl sites for hydroxylation is 1. The summed E-state index contributed by atoms with van der Waals surface area (Å²) in [6, 6.07) is 0.465. The predicted octanol–water partition coefficient (Wildman–Crippen LogP) is 1.62. The van der Waals surface area contributed by atoms with Gasteiger partial charge in [0, 0.05) is 13.2 Å². The molecule has 2 heterocycles. The molecule has 0 saturated carbocycles. The maximum atomic E-state index is 14.3. The number of sulfone groups is 1. The number of halogens is 4. The second-order valence-electron chi connectivity index (χ2n) is 5.89. The lowest BCUT2D eigenvalue weighted by atomic mass is 9.94. The summed E-state index contributed by atoms with van der Waals surface area (Å²) < 4.78 is 79.5. The number of hydrogen-bond donors (Lipinski definition) is 1. The average Bonchev–Trinajstić information content (AvgIpc) is 2.51. The molecular formula is C15H12F4N2O4S. The van der Waals surface area contributed by atoms with E-state index in [9.17, 15) is 35.6 Å². The van der Waals surface area contributed by atoms with Crippen molar-refractivity contribution in [2.45, 2.75) is 23.9 Å². The number of H-pyrrole nitrogens is 1. The first-order valence-electron chi connectivity index (χ1n) is 7.39. The smallest absolute Gasteiger partial charge is 0.302 e. The summed E-state index contributed by atoms with van der Waals surface area (Å²) in [5.41, 5.74) is -4.95. The van der Waals surface area contributed by atoms with E-state index in [1.54, 1.807) is 0 Å². The number of aromatic amines is 1. The summed E-state index contributed by atoms with van der Waals surface area (Å²) in [5.74, 6) is -2.37. The molecule has 0 amide bonds. The van der Waals surface area contributed by atoms with Gasteiger partial charge in [-0.15, -0.1) is 0 Å². The monoisotopic (exact) mass is 392 g/mol. The van der Waals surface area contributed by atoms with Crippen molar-refractivity contribution in [3.8, 4) is 11.1 Å². The van der Waals surface area contributed by atoms with E-state index in [0.717, 1.165) is 10.9 Å². The standard InChI is InChI=1S/C15H12F4N2O4S/c1-21-14(23)12(22)9(6-20-21)8-5-10(16)11(15(17,18)19)13-7(8)3-2-4-26(13,24)25/h5-6,20H,2-4H2,1H3. The second-order valence-corrected chi connectivity index (χ2v) is 7.94. The fourth-order valence-electron chi connectivity index (χ4n) is 3.06. The van der Waals surface area contributed by atoms with Crippen LogP contribution in [0.5, 0.6) is 0 Å². The number of nitrogens with zero attached hydrogens (tertiary/aromatic N) is 1. The first kappa shape index (κ1) is 18.4. The van der Waals surface area contributed by atoms with Crippen LogP contribution in [0.2, 0.25) is 0 Å². The van der Waals surface area contributed by atoms with Crippen molar-refractivity contribution in [3.05, 3.63) is 49.8 Å². The highest BCUT2D eigenvalue weighted by Crippen LogP contribution is 2.43. The van der Waals surface area contributed by atoms with Crippen molar-refractivity contribution in [1.29, 1.82) is 0 Å². The molecule has 140 valence electrons. The van der Waals surface area contributed by atoms with Gasteiger partial charge in [-0.25, -0.2) is 12.8 Å². The third-order valence-electron chi connectivity index (χ3n) is 4.21. The molecule has 1 aromatic carbocycles. The van der Waals surface area contributed by atoms with Crippen molar-refractivity contribution in [2.75, 3.05) is 5.75 Å². The molecule has 0 aliphatic carbocycles. The van der Waals surface area contributed by atoms with Crippen molar-refractivity contribution < 1.29 is 26.0 Å². The van der Waals surface area contributed by atoms with E-state index in [-0.39, 0.29) is 29.5 Å². The Bertz CT molecular complexity index is 1130. The first-order valence-corrected chi connectivity index (χ1v) is 9.05.